The molecule has 0 amide bonds. The minimum absolute atomic E-state index is 0.482. The number of alkyl halides is 3. The van der Waals surface area contributed by atoms with Crippen LogP contribution < -0.4 is 15.5 Å². The van der Waals surface area contributed by atoms with E-state index in [1.807, 2.05) is 12.1 Å². The maximum Gasteiger partial charge on any atom is 0.493 e. The van der Waals surface area contributed by atoms with Gasteiger partial charge in [-0.25, -0.2) is 4.79 Å². The average Bonchev–Trinajstić information content (AvgIpc) is 3.12. The standard InChI is InChI=1S/C16H16F3N3O2/c17-16(18,19)14(23)24-22-12-4-2-1-3-10(12)11-5-7-21-15(13(11)22)6-8-20-9-15/h1-4,20-21H,5-9H2. The van der Waals surface area contributed by atoms with Crippen molar-refractivity contribution in [3.05, 3.63) is 35.5 Å². The molecule has 1 aromatic heterocycles. The van der Waals surface area contributed by atoms with E-state index in [0.29, 0.717) is 24.2 Å². The SMILES string of the molecule is O=C(On1c2c(c3ccccc31)CCNC21CCNC1)C(F)(F)F. The highest BCUT2D eigenvalue weighted by Crippen LogP contribution is 2.39. The third kappa shape index (κ3) is 2.21. The fourth-order valence-electron chi connectivity index (χ4n) is 3.80. The maximum atomic E-state index is 12.7. The molecule has 0 saturated carbocycles. The van der Waals surface area contributed by atoms with Gasteiger partial charge >= 0.3 is 12.1 Å². The molecule has 2 N–H and O–H groups in total. The summed E-state index contributed by atoms with van der Waals surface area (Å²) >= 11 is 0. The molecular weight excluding hydrogens is 323 g/mol. The van der Waals surface area contributed by atoms with Gasteiger partial charge in [0.25, 0.3) is 0 Å². The van der Waals surface area contributed by atoms with Crippen molar-refractivity contribution >= 4 is 16.9 Å². The first-order valence-corrected chi connectivity index (χ1v) is 7.80. The van der Waals surface area contributed by atoms with Gasteiger partial charge in [-0.1, -0.05) is 18.2 Å². The molecule has 128 valence electrons. The van der Waals surface area contributed by atoms with Crippen LogP contribution in [0, 0.1) is 0 Å². The van der Waals surface area contributed by atoms with Crippen LogP contribution >= 0.6 is 0 Å². The lowest BCUT2D eigenvalue weighted by molar-refractivity contribution is -0.199. The molecule has 8 heteroatoms. The van der Waals surface area contributed by atoms with E-state index < -0.39 is 17.7 Å². The molecule has 0 radical (unpaired) electrons. The van der Waals surface area contributed by atoms with Gasteiger partial charge in [0.2, 0.25) is 0 Å². The molecule has 2 aliphatic rings. The Hall–Kier alpha value is -2.06. The van der Waals surface area contributed by atoms with Gasteiger partial charge in [-0.3, -0.25) is 0 Å². The van der Waals surface area contributed by atoms with Gasteiger partial charge in [-0.2, -0.15) is 17.9 Å². The van der Waals surface area contributed by atoms with Gasteiger partial charge < -0.3 is 15.5 Å². The van der Waals surface area contributed by atoms with Crippen LogP contribution in [0.3, 0.4) is 0 Å². The number of rotatable bonds is 1. The van der Waals surface area contributed by atoms with Crippen molar-refractivity contribution in [2.75, 3.05) is 19.6 Å². The molecule has 1 unspecified atom stereocenters. The minimum Gasteiger partial charge on any atom is -0.327 e. The molecule has 1 aromatic carbocycles. The highest BCUT2D eigenvalue weighted by Gasteiger charge is 2.46. The van der Waals surface area contributed by atoms with Gasteiger partial charge in [0.15, 0.2) is 0 Å². The second kappa shape index (κ2) is 5.22. The molecule has 3 heterocycles. The van der Waals surface area contributed by atoms with Gasteiger partial charge in [-0.15, -0.1) is 0 Å². The summed E-state index contributed by atoms with van der Waals surface area (Å²) in [6.45, 7) is 2.07. The lowest BCUT2D eigenvalue weighted by Crippen LogP contribution is -2.51. The molecule has 0 aliphatic carbocycles. The van der Waals surface area contributed by atoms with E-state index in [4.69, 9.17) is 4.84 Å². The minimum atomic E-state index is -5.04. The maximum absolute atomic E-state index is 12.7. The number of nitrogens with one attached hydrogen (secondary N) is 2. The number of hydrogen-bond acceptors (Lipinski definition) is 4. The number of hydrogen-bond donors (Lipinski definition) is 2. The summed E-state index contributed by atoms with van der Waals surface area (Å²) in [5.41, 5.74) is 1.54. The molecule has 1 fully saturated rings. The Morgan fingerprint density at radius 3 is 2.75 bits per heavy atom. The molecule has 2 aromatic rings. The van der Waals surface area contributed by atoms with Gasteiger partial charge in [0.05, 0.1) is 16.7 Å². The second-order valence-corrected chi connectivity index (χ2v) is 6.20. The highest BCUT2D eigenvalue weighted by atomic mass is 19.4. The zero-order valence-corrected chi connectivity index (χ0v) is 12.7. The molecule has 0 bridgehead atoms. The van der Waals surface area contributed by atoms with Gasteiger partial charge in [-0.05, 0) is 31.0 Å². The lowest BCUT2D eigenvalue weighted by Gasteiger charge is -2.35. The van der Waals surface area contributed by atoms with Crippen LogP contribution in [0.2, 0.25) is 0 Å². The molecule has 1 spiro atoms. The summed E-state index contributed by atoms with van der Waals surface area (Å²) < 4.78 is 39.3. The Kier molecular flexibility index (Phi) is 3.36. The number of halogens is 3. The van der Waals surface area contributed by atoms with Crippen LogP contribution in [0.1, 0.15) is 17.7 Å². The number of carbonyl (C=O) groups is 1. The van der Waals surface area contributed by atoms with Crippen LogP contribution in [-0.2, 0) is 16.8 Å². The molecule has 1 saturated heterocycles. The van der Waals surface area contributed by atoms with Crippen LogP contribution in [0.25, 0.3) is 10.9 Å². The third-order valence-electron chi connectivity index (χ3n) is 4.79. The zero-order chi connectivity index (χ0) is 16.9. The average molecular weight is 339 g/mol. The van der Waals surface area contributed by atoms with Crippen molar-refractivity contribution in [3.63, 3.8) is 0 Å². The number of benzene rings is 1. The number of fused-ring (bicyclic) bond motifs is 4. The second-order valence-electron chi connectivity index (χ2n) is 6.20. The van der Waals surface area contributed by atoms with E-state index in [2.05, 4.69) is 10.6 Å². The van der Waals surface area contributed by atoms with Crippen LogP contribution in [0.4, 0.5) is 13.2 Å². The van der Waals surface area contributed by atoms with Crippen molar-refractivity contribution in [2.24, 2.45) is 0 Å². The molecule has 5 nitrogen and oxygen atoms in total. The molecule has 1 atom stereocenters. The van der Waals surface area contributed by atoms with Crippen molar-refractivity contribution in [1.82, 2.24) is 15.4 Å². The summed E-state index contributed by atoms with van der Waals surface area (Å²) in [7, 11) is 0. The monoisotopic (exact) mass is 339 g/mol. The predicted molar refractivity (Wildman–Crippen MR) is 80.5 cm³/mol. The fraction of sp³-hybridized carbons (Fsp3) is 0.438. The van der Waals surface area contributed by atoms with E-state index in [1.165, 1.54) is 0 Å². The van der Waals surface area contributed by atoms with E-state index in [9.17, 15) is 18.0 Å². The summed E-state index contributed by atoms with van der Waals surface area (Å²) in [6, 6.07) is 7.08. The van der Waals surface area contributed by atoms with Crippen LogP contribution in [-0.4, -0.2) is 36.5 Å². The van der Waals surface area contributed by atoms with Crippen molar-refractivity contribution in [3.8, 4) is 0 Å². The summed E-state index contributed by atoms with van der Waals surface area (Å²) in [6.07, 6.45) is -3.64. The first kappa shape index (κ1) is 15.5. The van der Waals surface area contributed by atoms with Gasteiger partial charge in [0.1, 0.15) is 0 Å². The summed E-state index contributed by atoms with van der Waals surface area (Å²) in [5, 5.41) is 7.48. The Labute approximate surface area is 135 Å². The van der Waals surface area contributed by atoms with Crippen molar-refractivity contribution in [1.29, 1.82) is 0 Å². The number of para-hydroxylation sites is 1. The molecular formula is C16H16F3N3O2. The van der Waals surface area contributed by atoms with Crippen molar-refractivity contribution in [2.45, 2.75) is 24.6 Å². The van der Waals surface area contributed by atoms with Gasteiger partial charge in [0, 0.05) is 18.5 Å². The molecule has 4 rings (SSSR count). The zero-order valence-electron chi connectivity index (χ0n) is 12.7. The first-order valence-electron chi connectivity index (χ1n) is 7.80. The number of nitrogens with zero attached hydrogens (tertiary/aromatic N) is 1. The Bertz CT molecular complexity index is 807. The Morgan fingerprint density at radius 1 is 1.25 bits per heavy atom. The molecule has 2 aliphatic heterocycles. The summed E-state index contributed by atoms with van der Waals surface area (Å²) in [4.78, 5) is 16.3. The number of aromatic nitrogens is 1. The number of carbonyl (C=O) groups excluding carboxylic acids is 1. The van der Waals surface area contributed by atoms with E-state index >= 15 is 0 Å². The highest BCUT2D eigenvalue weighted by molar-refractivity contribution is 5.87. The van der Waals surface area contributed by atoms with E-state index in [1.54, 1.807) is 12.1 Å². The Morgan fingerprint density at radius 2 is 2.04 bits per heavy atom. The summed E-state index contributed by atoms with van der Waals surface area (Å²) in [5.74, 6) is -2.21. The van der Waals surface area contributed by atoms with Crippen molar-refractivity contribution < 1.29 is 22.8 Å². The smallest absolute Gasteiger partial charge is 0.327 e. The quantitative estimate of drug-likeness (QED) is 0.827. The van der Waals surface area contributed by atoms with E-state index in [0.717, 1.165) is 35.2 Å². The fourth-order valence-corrected chi connectivity index (χ4v) is 3.80. The predicted octanol–water partition coefficient (Wildman–Crippen LogP) is 1.49. The third-order valence-corrected chi connectivity index (χ3v) is 4.79. The molecule has 24 heavy (non-hydrogen) atoms. The first-order chi connectivity index (χ1) is 11.4. The lowest BCUT2D eigenvalue weighted by atomic mass is 9.86. The van der Waals surface area contributed by atoms with E-state index in [-0.39, 0.29) is 0 Å². The van der Waals surface area contributed by atoms with Crippen LogP contribution in [0.5, 0.6) is 0 Å². The largest absolute Gasteiger partial charge is 0.493 e. The van der Waals surface area contributed by atoms with Crippen LogP contribution in [0.15, 0.2) is 24.3 Å². The Balaban J connectivity index is 1.93. The normalized spacial score (nSPS) is 23.6. The topological polar surface area (TPSA) is 55.3 Å².